The Hall–Kier alpha value is -3.15. The average molecular weight is 564 g/mol. The van der Waals surface area contributed by atoms with Gasteiger partial charge in [-0.05, 0) is 75.1 Å². The third-order valence-corrected chi connectivity index (χ3v) is 8.40. The molecule has 1 aromatic carbocycles. The standard InChI is InChI=1S/C35H49NO5/c1-25(2)23-27(4)35(5,6)34(39)40-22-16-12-10-8-7-9-11-15-21-36-31(37)20-19-28-24-30(33(38)41-32(28)36)29-18-14-13-17-26(29)3/h13-14,17-20,24-25,27H,7-12,15-16,21-23H2,1-6H3. The van der Waals surface area contributed by atoms with Crippen LogP contribution in [0.2, 0.25) is 0 Å². The van der Waals surface area contributed by atoms with Crippen molar-refractivity contribution >= 4 is 17.1 Å². The SMILES string of the molecule is Cc1ccccc1-c1cc2ccc(=O)n(CCCCCCCCCCOC(=O)C(C)(C)C(C)CC(C)C)c2oc1=O. The lowest BCUT2D eigenvalue weighted by molar-refractivity contribution is -0.157. The van der Waals surface area contributed by atoms with Crippen LogP contribution in [0.15, 0.2) is 56.5 Å². The Morgan fingerprint density at radius 3 is 2.17 bits per heavy atom. The second kappa shape index (κ2) is 15.2. The van der Waals surface area contributed by atoms with Crippen molar-refractivity contribution in [1.82, 2.24) is 4.57 Å². The molecule has 6 heteroatoms. The highest BCUT2D eigenvalue weighted by Crippen LogP contribution is 2.33. The minimum absolute atomic E-state index is 0.0815. The van der Waals surface area contributed by atoms with E-state index in [0.29, 0.717) is 36.3 Å². The Balaban J connectivity index is 1.37. The number of carbonyl (C=O) groups excluding carboxylic acids is 1. The van der Waals surface area contributed by atoms with Gasteiger partial charge in [-0.2, -0.15) is 0 Å². The van der Waals surface area contributed by atoms with Crippen molar-refractivity contribution in [1.29, 1.82) is 0 Å². The molecule has 0 aliphatic rings. The number of hydrogen-bond donors (Lipinski definition) is 0. The van der Waals surface area contributed by atoms with Gasteiger partial charge in [0.1, 0.15) is 0 Å². The molecule has 0 spiro atoms. The molecule has 0 saturated carbocycles. The molecule has 0 amide bonds. The Bertz CT molecular complexity index is 1400. The van der Waals surface area contributed by atoms with Crippen LogP contribution in [-0.4, -0.2) is 17.1 Å². The lowest BCUT2D eigenvalue weighted by Crippen LogP contribution is -2.34. The number of fused-ring (bicyclic) bond motifs is 1. The zero-order valence-electron chi connectivity index (χ0n) is 26.0. The summed E-state index contributed by atoms with van der Waals surface area (Å²) >= 11 is 0. The average Bonchev–Trinajstić information content (AvgIpc) is 2.92. The maximum atomic E-state index is 12.8. The molecular weight excluding hydrogens is 514 g/mol. The van der Waals surface area contributed by atoms with Crippen molar-refractivity contribution in [3.8, 4) is 11.1 Å². The molecule has 2 heterocycles. The summed E-state index contributed by atoms with van der Waals surface area (Å²) in [6.07, 6.45) is 9.35. The van der Waals surface area contributed by atoms with E-state index in [0.717, 1.165) is 74.3 Å². The first-order valence-corrected chi connectivity index (χ1v) is 15.4. The van der Waals surface area contributed by atoms with Crippen molar-refractivity contribution in [2.24, 2.45) is 17.3 Å². The quantitative estimate of drug-likeness (QED) is 0.129. The van der Waals surface area contributed by atoms with Gasteiger partial charge in [0.25, 0.3) is 5.56 Å². The number of hydrogen-bond acceptors (Lipinski definition) is 5. The molecule has 41 heavy (non-hydrogen) atoms. The number of carbonyl (C=O) groups is 1. The molecule has 0 bridgehead atoms. The van der Waals surface area contributed by atoms with E-state index in [-0.39, 0.29) is 11.5 Å². The van der Waals surface area contributed by atoms with Crippen LogP contribution in [0.3, 0.4) is 0 Å². The lowest BCUT2D eigenvalue weighted by atomic mass is 9.76. The Labute approximate surface area is 245 Å². The summed E-state index contributed by atoms with van der Waals surface area (Å²) in [5.74, 6) is 0.783. The van der Waals surface area contributed by atoms with E-state index in [1.807, 2.05) is 51.1 Å². The molecular formula is C35H49NO5. The van der Waals surface area contributed by atoms with Gasteiger partial charge in [-0.15, -0.1) is 0 Å². The first kappa shape index (κ1) is 32.4. The molecule has 224 valence electrons. The van der Waals surface area contributed by atoms with Crippen LogP contribution >= 0.6 is 0 Å². The van der Waals surface area contributed by atoms with Crippen LogP contribution in [0.4, 0.5) is 0 Å². The van der Waals surface area contributed by atoms with Crippen LogP contribution in [0.1, 0.15) is 98.0 Å². The number of pyridine rings is 1. The number of unbranched alkanes of at least 4 members (excludes halogenated alkanes) is 7. The predicted molar refractivity (Wildman–Crippen MR) is 167 cm³/mol. The maximum Gasteiger partial charge on any atom is 0.345 e. The number of ether oxygens (including phenoxy) is 1. The first-order chi connectivity index (χ1) is 19.5. The summed E-state index contributed by atoms with van der Waals surface area (Å²) in [5, 5.41) is 0.752. The fraction of sp³-hybridized carbons (Fsp3) is 0.571. The molecule has 0 aliphatic heterocycles. The molecule has 6 nitrogen and oxygen atoms in total. The summed E-state index contributed by atoms with van der Waals surface area (Å²) in [5.41, 5.74) is 1.68. The summed E-state index contributed by atoms with van der Waals surface area (Å²) in [4.78, 5) is 38.0. The molecule has 0 radical (unpaired) electrons. The zero-order valence-corrected chi connectivity index (χ0v) is 26.0. The summed E-state index contributed by atoms with van der Waals surface area (Å²) in [7, 11) is 0. The number of benzene rings is 1. The van der Waals surface area contributed by atoms with E-state index in [2.05, 4.69) is 20.8 Å². The second-order valence-corrected chi connectivity index (χ2v) is 12.6. The van der Waals surface area contributed by atoms with Crippen molar-refractivity contribution in [3.63, 3.8) is 0 Å². The van der Waals surface area contributed by atoms with Crippen molar-refractivity contribution in [2.75, 3.05) is 6.61 Å². The van der Waals surface area contributed by atoms with Gasteiger partial charge in [0, 0.05) is 18.0 Å². The van der Waals surface area contributed by atoms with Crippen LogP contribution in [0.25, 0.3) is 22.2 Å². The van der Waals surface area contributed by atoms with Gasteiger partial charge in [-0.3, -0.25) is 14.2 Å². The molecule has 0 N–H and O–H groups in total. The monoisotopic (exact) mass is 563 g/mol. The molecule has 3 aromatic rings. The van der Waals surface area contributed by atoms with Gasteiger partial charge in [-0.25, -0.2) is 4.79 Å². The van der Waals surface area contributed by atoms with E-state index in [1.165, 1.54) is 0 Å². The molecule has 1 unspecified atom stereocenters. The van der Waals surface area contributed by atoms with E-state index >= 15 is 0 Å². The minimum atomic E-state index is -0.447. The van der Waals surface area contributed by atoms with Crippen molar-refractivity contribution in [3.05, 3.63) is 68.8 Å². The normalized spacial score (nSPS) is 12.7. The fourth-order valence-corrected chi connectivity index (χ4v) is 5.42. The van der Waals surface area contributed by atoms with Crippen LogP contribution < -0.4 is 11.2 Å². The van der Waals surface area contributed by atoms with Crippen LogP contribution in [0, 0.1) is 24.2 Å². The Morgan fingerprint density at radius 2 is 1.51 bits per heavy atom. The predicted octanol–water partition coefficient (Wildman–Crippen LogP) is 8.30. The van der Waals surface area contributed by atoms with Crippen LogP contribution in [-0.2, 0) is 16.1 Å². The smallest absolute Gasteiger partial charge is 0.345 e. The van der Waals surface area contributed by atoms with Gasteiger partial charge in [0.2, 0.25) is 5.71 Å². The summed E-state index contributed by atoms with van der Waals surface area (Å²) in [6, 6.07) is 12.8. The van der Waals surface area contributed by atoms with Crippen molar-refractivity contribution in [2.45, 2.75) is 106 Å². The fourth-order valence-electron chi connectivity index (χ4n) is 5.42. The number of nitrogens with zero attached hydrogens (tertiary/aromatic N) is 1. The molecule has 2 aromatic heterocycles. The molecule has 1 atom stereocenters. The zero-order chi connectivity index (χ0) is 30.0. The molecule has 0 fully saturated rings. The topological polar surface area (TPSA) is 78.5 Å². The summed E-state index contributed by atoms with van der Waals surface area (Å²) < 4.78 is 12.9. The van der Waals surface area contributed by atoms with E-state index in [1.54, 1.807) is 16.7 Å². The van der Waals surface area contributed by atoms with Gasteiger partial charge < -0.3 is 9.15 Å². The minimum Gasteiger partial charge on any atom is -0.465 e. The van der Waals surface area contributed by atoms with E-state index in [4.69, 9.17) is 9.15 Å². The Morgan fingerprint density at radius 1 is 0.878 bits per heavy atom. The second-order valence-electron chi connectivity index (χ2n) is 12.6. The third-order valence-electron chi connectivity index (χ3n) is 8.40. The third kappa shape index (κ3) is 8.92. The van der Waals surface area contributed by atoms with Gasteiger partial charge in [-0.1, -0.05) is 83.6 Å². The molecule has 0 aliphatic carbocycles. The number of aromatic nitrogens is 1. The lowest BCUT2D eigenvalue weighted by Gasteiger charge is -2.30. The highest BCUT2D eigenvalue weighted by Gasteiger charge is 2.35. The first-order valence-electron chi connectivity index (χ1n) is 15.4. The van der Waals surface area contributed by atoms with E-state index < -0.39 is 11.0 Å². The Kier molecular flexibility index (Phi) is 12.0. The number of esters is 1. The van der Waals surface area contributed by atoms with E-state index in [9.17, 15) is 14.4 Å². The van der Waals surface area contributed by atoms with Crippen molar-refractivity contribution < 1.29 is 13.9 Å². The number of aryl methyl sites for hydroxylation is 2. The number of rotatable bonds is 16. The molecule has 3 rings (SSSR count). The molecule has 0 saturated heterocycles. The largest absolute Gasteiger partial charge is 0.465 e. The highest BCUT2D eigenvalue weighted by atomic mass is 16.5. The highest BCUT2D eigenvalue weighted by molar-refractivity contribution is 5.80. The van der Waals surface area contributed by atoms with Gasteiger partial charge in [0.15, 0.2) is 0 Å². The maximum absolute atomic E-state index is 12.8. The van der Waals surface area contributed by atoms with Gasteiger partial charge >= 0.3 is 11.6 Å². The summed E-state index contributed by atoms with van der Waals surface area (Å²) in [6.45, 7) is 13.5. The van der Waals surface area contributed by atoms with Gasteiger partial charge in [0.05, 0.1) is 17.6 Å². The van der Waals surface area contributed by atoms with Crippen LogP contribution in [0.5, 0.6) is 0 Å².